The lowest BCUT2D eigenvalue weighted by Crippen LogP contribution is -1.81. The number of halogens is 1. The third-order valence-electron chi connectivity index (χ3n) is 2.53. The number of rotatable bonds is 4. The zero-order valence-electron chi connectivity index (χ0n) is 10.5. The molecule has 0 amide bonds. The van der Waals surface area contributed by atoms with Crippen molar-refractivity contribution in [3.05, 3.63) is 47.5 Å². The van der Waals surface area contributed by atoms with Crippen LogP contribution in [0.1, 0.15) is 11.3 Å². The molecule has 0 aliphatic carbocycles. The van der Waals surface area contributed by atoms with Crippen molar-refractivity contribution in [3.63, 3.8) is 0 Å². The Kier molecular flexibility index (Phi) is 3.51. The van der Waals surface area contributed by atoms with Gasteiger partial charge in [-0.1, -0.05) is 29.1 Å². The predicted octanol–water partition coefficient (Wildman–Crippen LogP) is 3.46. The fourth-order valence-corrected chi connectivity index (χ4v) is 2.28. The first-order valence-corrected chi connectivity index (χ1v) is 6.84. The van der Waals surface area contributed by atoms with Gasteiger partial charge in [0.05, 0.1) is 0 Å². The van der Waals surface area contributed by atoms with E-state index in [-0.39, 0.29) is 5.82 Å². The highest BCUT2D eigenvalue weighted by atomic mass is 32.2. The zero-order valence-corrected chi connectivity index (χ0v) is 11.4. The van der Waals surface area contributed by atoms with Crippen molar-refractivity contribution in [3.8, 4) is 11.6 Å². The first-order chi connectivity index (χ1) is 9.70. The molecule has 5 nitrogen and oxygen atoms in total. The summed E-state index contributed by atoms with van der Waals surface area (Å²) in [6.45, 7) is 1.79. The second-order valence-electron chi connectivity index (χ2n) is 4.11. The van der Waals surface area contributed by atoms with Crippen LogP contribution >= 0.6 is 11.8 Å². The molecule has 0 saturated heterocycles. The number of hydrogen-bond donors (Lipinski definition) is 0. The van der Waals surface area contributed by atoms with Crippen molar-refractivity contribution in [1.82, 2.24) is 15.4 Å². The van der Waals surface area contributed by atoms with Gasteiger partial charge in [-0.3, -0.25) is 0 Å². The molecule has 0 radical (unpaired) electrons. The van der Waals surface area contributed by atoms with E-state index in [9.17, 15) is 4.39 Å². The Hall–Kier alpha value is -2.15. The minimum atomic E-state index is -0.250. The van der Waals surface area contributed by atoms with Gasteiger partial charge in [0.15, 0.2) is 5.69 Å². The molecule has 0 aliphatic heterocycles. The third-order valence-corrected chi connectivity index (χ3v) is 3.42. The van der Waals surface area contributed by atoms with Gasteiger partial charge < -0.3 is 8.94 Å². The lowest BCUT2D eigenvalue weighted by atomic mass is 10.2. The molecule has 1 aromatic carbocycles. The van der Waals surface area contributed by atoms with Crippen LogP contribution in [0, 0.1) is 12.7 Å². The molecule has 2 aromatic heterocycles. The van der Waals surface area contributed by atoms with E-state index in [1.54, 1.807) is 25.1 Å². The van der Waals surface area contributed by atoms with Gasteiger partial charge in [0.25, 0.3) is 11.1 Å². The van der Waals surface area contributed by atoms with Gasteiger partial charge in [-0.2, -0.15) is 0 Å². The Morgan fingerprint density at radius 3 is 2.70 bits per heavy atom. The molecule has 0 aliphatic rings. The summed E-state index contributed by atoms with van der Waals surface area (Å²) in [5.41, 5.74) is 1.50. The summed E-state index contributed by atoms with van der Waals surface area (Å²) < 4.78 is 23.2. The van der Waals surface area contributed by atoms with Gasteiger partial charge in [0.2, 0.25) is 0 Å². The van der Waals surface area contributed by atoms with Gasteiger partial charge in [-0.05, 0) is 24.6 Å². The SMILES string of the molecule is Cc1cc(-c2nnc(SCc3ccc(F)cc3)o2)no1. The van der Waals surface area contributed by atoms with Gasteiger partial charge in [-0.15, -0.1) is 10.2 Å². The summed E-state index contributed by atoms with van der Waals surface area (Å²) in [6.07, 6.45) is 0. The molecule has 20 heavy (non-hydrogen) atoms. The van der Waals surface area contributed by atoms with Gasteiger partial charge in [0.1, 0.15) is 11.6 Å². The molecule has 0 unspecified atom stereocenters. The molecule has 102 valence electrons. The minimum Gasteiger partial charge on any atom is -0.409 e. The van der Waals surface area contributed by atoms with E-state index in [0.29, 0.717) is 28.3 Å². The summed E-state index contributed by atoms with van der Waals surface area (Å²) in [5.74, 6) is 1.38. The molecule has 0 fully saturated rings. The highest BCUT2D eigenvalue weighted by molar-refractivity contribution is 7.98. The van der Waals surface area contributed by atoms with Crippen molar-refractivity contribution in [2.24, 2.45) is 0 Å². The Morgan fingerprint density at radius 2 is 2.00 bits per heavy atom. The summed E-state index contributed by atoms with van der Waals surface area (Å²) in [7, 11) is 0. The van der Waals surface area contributed by atoms with E-state index in [1.165, 1.54) is 23.9 Å². The van der Waals surface area contributed by atoms with Crippen LogP contribution in [0.15, 0.2) is 44.5 Å². The fourth-order valence-electron chi connectivity index (χ4n) is 1.56. The normalized spacial score (nSPS) is 10.9. The van der Waals surface area contributed by atoms with Crippen LogP contribution in [0.4, 0.5) is 4.39 Å². The van der Waals surface area contributed by atoms with E-state index < -0.39 is 0 Å². The maximum Gasteiger partial charge on any atom is 0.277 e. The Labute approximate surface area is 118 Å². The fraction of sp³-hybridized carbons (Fsp3) is 0.154. The minimum absolute atomic E-state index is 0.250. The molecular formula is C13H10FN3O2S. The highest BCUT2D eigenvalue weighted by Gasteiger charge is 2.12. The van der Waals surface area contributed by atoms with Gasteiger partial charge >= 0.3 is 0 Å². The maximum atomic E-state index is 12.8. The molecule has 0 atom stereocenters. The van der Waals surface area contributed by atoms with Crippen LogP contribution in [0.25, 0.3) is 11.6 Å². The van der Waals surface area contributed by atoms with E-state index in [0.717, 1.165) is 5.56 Å². The summed E-state index contributed by atoms with van der Waals surface area (Å²) >= 11 is 1.38. The number of aromatic nitrogens is 3. The van der Waals surface area contributed by atoms with Crippen molar-refractivity contribution < 1.29 is 13.3 Å². The standard InChI is InChI=1S/C13H10FN3O2S/c1-8-6-11(17-19-8)12-15-16-13(18-12)20-7-9-2-4-10(14)5-3-9/h2-6H,7H2,1H3. The summed E-state index contributed by atoms with van der Waals surface area (Å²) in [5, 5.41) is 12.1. The smallest absolute Gasteiger partial charge is 0.277 e. The summed E-state index contributed by atoms with van der Waals surface area (Å²) in [6, 6.07) is 8.02. The second kappa shape index (κ2) is 5.46. The molecule has 0 spiro atoms. The van der Waals surface area contributed by atoms with E-state index >= 15 is 0 Å². The number of thioether (sulfide) groups is 1. The van der Waals surface area contributed by atoms with Crippen molar-refractivity contribution >= 4 is 11.8 Å². The van der Waals surface area contributed by atoms with Crippen molar-refractivity contribution in [2.45, 2.75) is 17.9 Å². The van der Waals surface area contributed by atoms with Gasteiger partial charge in [0, 0.05) is 11.8 Å². The largest absolute Gasteiger partial charge is 0.409 e. The Morgan fingerprint density at radius 1 is 1.20 bits per heavy atom. The van der Waals surface area contributed by atoms with Crippen molar-refractivity contribution in [2.75, 3.05) is 0 Å². The monoisotopic (exact) mass is 291 g/mol. The molecule has 0 N–H and O–H groups in total. The Bertz CT molecular complexity index is 708. The maximum absolute atomic E-state index is 12.8. The molecule has 0 saturated carbocycles. The van der Waals surface area contributed by atoms with Crippen LogP contribution in [-0.4, -0.2) is 15.4 Å². The van der Waals surface area contributed by atoms with Crippen molar-refractivity contribution in [1.29, 1.82) is 0 Å². The van der Waals surface area contributed by atoms with E-state index in [2.05, 4.69) is 15.4 Å². The average molecular weight is 291 g/mol. The quantitative estimate of drug-likeness (QED) is 0.686. The number of aryl methyl sites for hydroxylation is 1. The topological polar surface area (TPSA) is 65.0 Å². The molecule has 3 rings (SSSR count). The highest BCUT2D eigenvalue weighted by Crippen LogP contribution is 2.25. The Balaban J connectivity index is 1.67. The first kappa shape index (κ1) is 12.9. The molecule has 3 aromatic rings. The van der Waals surface area contributed by atoms with E-state index in [4.69, 9.17) is 8.94 Å². The number of hydrogen-bond acceptors (Lipinski definition) is 6. The molecule has 2 heterocycles. The van der Waals surface area contributed by atoms with Crippen LogP contribution < -0.4 is 0 Å². The lowest BCUT2D eigenvalue weighted by molar-refractivity contribution is 0.394. The third kappa shape index (κ3) is 2.88. The van der Waals surface area contributed by atoms with Crippen LogP contribution in [-0.2, 0) is 5.75 Å². The molecule has 0 bridgehead atoms. The number of nitrogens with zero attached hydrogens (tertiary/aromatic N) is 3. The zero-order chi connectivity index (χ0) is 13.9. The number of benzene rings is 1. The van der Waals surface area contributed by atoms with Crippen LogP contribution in [0.2, 0.25) is 0 Å². The molecule has 7 heteroatoms. The second-order valence-corrected chi connectivity index (χ2v) is 5.04. The summed E-state index contributed by atoms with van der Waals surface area (Å²) in [4.78, 5) is 0. The first-order valence-electron chi connectivity index (χ1n) is 5.85. The average Bonchev–Trinajstić information content (AvgIpc) is 3.07. The lowest BCUT2D eigenvalue weighted by Gasteiger charge is -1.97. The van der Waals surface area contributed by atoms with Crippen LogP contribution in [0.3, 0.4) is 0 Å². The van der Waals surface area contributed by atoms with Gasteiger partial charge in [-0.25, -0.2) is 4.39 Å². The van der Waals surface area contributed by atoms with Crippen LogP contribution in [0.5, 0.6) is 0 Å². The molecular weight excluding hydrogens is 281 g/mol. The van der Waals surface area contributed by atoms with E-state index in [1.807, 2.05) is 0 Å². The predicted molar refractivity (Wildman–Crippen MR) is 70.5 cm³/mol.